The number of anilines is 1. The lowest BCUT2D eigenvalue weighted by molar-refractivity contribution is -0.136. The highest BCUT2D eigenvalue weighted by Gasteiger charge is 2.13. The maximum atomic E-state index is 12.7. The lowest BCUT2D eigenvalue weighted by atomic mass is 10.0. The number of aliphatic carboxylic acids is 1. The summed E-state index contributed by atoms with van der Waals surface area (Å²) in [5.41, 5.74) is 3.08. The van der Waals surface area contributed by atoms with Crippen molar-refractivity contribution in [3.8, 4) is 5.75 Å². The zero-order valence-corrected chi connectivity index (χ0v) is 18.2. The average molecular weight is 440 g/mol. The minimum atomic E-state index is -0.872. The van der Waals surface area contributed by atoms with Gasteiger partial charge in [0.25, 0.3) is 5.91 Å². The van der Waals surface area contributed by atoms with Gasteiger partial charge in [-0.2, -0.15) is 0 Å². The molecule has 33 heavy (non-hydrogen) atoms. The van der Waals surface area contributed by atoms with Crippen LogP contribution in [-0.4, -0.2) is 23.6 Å². The molecule has 0 bridgehead atoms. The van der Waals surface area contributed by atoms with Crippen molar-refractivity contribution >= 4 is 28.3 Å². The molecule has 0 aromatic heterocycles. The van der Waals surface area contributed by atoms with Gasteiger partial charge in [-0.25, -0.2) is 0 Å². The predicted molar refractivity (Wildman–Crippen MR) is 130 cm³/mol. The fourth-order valence-electron chi connectivity index (χ4n) is 3.68. The Labute approximate surface area is 192 Å². The summed E-state index contributed by atoms with van der Waals surface area (Å²) < 4.78 is 6.05. The van der Waals surface area contributed by atoms with Crippen LogP contribution in [0.1, 0.15) is 27.9 Å². The Morgan fingerprint density at radius 2 is 1.55 bits per heavy atom. The summed E-state index contributed by atoms with van der Waals surface area (Å²) in [7, 11) is 0. The maximum absolute atomic E-state index is 12.7. The first-order valence-corrected chi connectivity index (χ1v) is 10.9. The number of ether oxygens (including phenoxy) is 1. The molecule has 0 spiro atoms. The van der Waals surface area contributed by atoms with Crippen LogP contribution in [0.3, 0.4) is 0 Å². The molecular weight excluding hydrogens is 414 g/mol. The van der Waals surface area contributed by atoms with Crippen LogP contribution in [0.5, 0.6) is 5.75 Å². The van der Waals surface area contributed by atoms with Crippen molar-refractivity contribution in [3.63, 3.8) is 0 Å². The van der Waals surface area contributed by atoms with Gasteiger partial charge in [-0.05, 0) is 52.6 Å². The number of carboxylic acids is 1. The minimum absolute atomic E-state index is 0.00338. The number of nitrogens with one attached hydrogen (secondary N) is 1. The smallest absolute Gasteiger partial charge is 0.303 e. The molecule has 166 valence electrons. The van der Waals surface area contributed by atoms with E-state index in [9.17, 15) is 9.59 Å². The zero-order valence-electron chi connectivity index (χ0n) is 18.2. The molecule has 0 unspecified atom stereocenters. The number of rotatable bonds is 9. The molecule has 0 atom stereocenters. The van der Waals surface area contributed by atoms with E-state index in [1.54, 1.807) is 18.2 Å². The van der Waals surface area contributed by atoms with Crippen molar-refractivity contribution in [1.29, 1.82) is 0 Å². The number of fused-ring (bicyclic) bond motifs is 1. The second kappa shape index (κ2) is 10.5. The molecule has 1 amide bonds. The van der Waals surface area contributed by atoms with Crippen LogP contribution >= 0.6 is 0 Å². The Hall–Kier alpha value is -4.12. The van der Waals surface area contributed by atoms with Gasteiger partial charge >= 0.3 is 5.97 Å². The predicted octanol–water partition coefficient (Wildman–Crippen LogP) is 5.73. The second-order valence-electron chi connectivity index (χ2n) is 7.82. The van der Waals surface area contributed by atoms with Gasteiger partial charge in [-0.3, -0.25) is 9.59 Å². The molecule has 0 aliphatic carbocycles. The van der Waals surface area contributed by atoms with E-state index in [1.165, 1.54) is 10.8 Å². The van der Waals surface area contributed by atoms with Crippen LogP contribution in [0.2, 0.25) is 0 Å². The van der Waals surface area contributed by atoms with Crippen molar-refractivity contribution in [3.05, 3.63) is 108 Å². The molecule has 5 heteroatoms. The van der Waals surface area contributed by atoms with Crippen molar-refractivity contribution in [2.75, 3.05) is 11.9 Å². The summed E-state index contributed by atoms with van der Waals surface area (Å²) in [5.74, 6) is -0.578. The molecular formula is C28H25NO4. The first kappa shape index (κ1) is 22.1. The standard InChI is InChI=1S/C28H25NO4/c30-27(31)15-14-22-12-13-24(28(32)29-25-8-2-1-3-9-25)19-26(22)33-17-16-20-10-11-21-6-4-5-7-23(21)18-20/h1-13,18-19H,14-17H2,(H,29,32)(H,30,31). The fraction of sp³-hybridized carbons (Fsp3) is 0.143. The molecule has 0 saturated heterocycles. The number of carboxylic acid groups (broad SMARTS) is 1. The molecule has 0 heterocycles. The second-order valence-corrected chi connectivity index (χ2v) is 7.82. The Balaban J connectivity index is 1.48. The molecule has 0 radical (unpaired) electrons. The number of hydrogen-bond acceptors (Lipinski definition) is 3. The van der Waals surface area contributed by atoms with Crippen LogP contribution < -0.4 is 10.1 Å². The van der Waals surface area contributed by atoms with Gasteiger partial charge in [0.15, 0.2) is 0 Å². The molecule has 0 saturated carbocycles. The Kier molecular flexibility index (Phi) is 7.00. The number of para-hydroxylation sites is 1. The minimum Gasteiger partial charge on any atom is -0.493 e. The van der Waals surface area contributed by atoms with E-state index in [0.29, 0.717) is 36.4 Å². The Bertz CT molecular complexity index is 1270. The van der Waals surface area contributed by atoms with E-state index in [1.807, 2.05) is 42.5 Å². The third kappa shape index (κ3) is 5.98. The van der Waals surface area contributed by atoms with Gasteiger partial charge in [0, 0.05) is 24.1 Å². The maximum Gasteiger partial charge on any atom is 0.303 e. The van der Waals surface area contributed by atoms with Crippen molar-refractivity contribution in [2.45, 2.75) is 19.3 Å². The van der Waals surface area contributed by atoms with Crippen LogP contribution in [0, 0.1) is 0 Å². The van der Waals surface area contributed by atoms with Crippen LogP contribution in [0.25, 0.3) is 10.8 Å². The molecule has 0 aliphatic rings. The van der Waals surface area contributed by atoms with Gasteiger partial charge < -0.3 is 15.2 Å². The molecule has 0 fully saturated rings. The molecule has 4 aromatic rings. The highest BCUT2D eigenvalue weighted by molar-refractivity contribution is 6.04. The topological polar surface area (TPSA) is 75.6 Å². The number of carbonyl (C=O) groups is 2. The van der Waals surface area contributed by atoms with Gasteiger partial charge in [0.2, 0.25) is 0 Å². The summed E-state index contributed by atoms with van der Waals surface area (Å²) in [6.07, 6.45) is 1.03. The molecule has 5 nitrogen and oxygen atoms in total. The molecule has 4 rings (SSSR count). The average Bonchev–Trinajstić information content (AvgIpc) is 2.83. The highest BCUT2D eigenvalue weighted by Crippen LogP contribution is 2.24. The summed E-state index contributed by atoms with van der Waals surface area (Å²) in [4.78, 5) is 23.8. The van der Waals surface area contributed by atoms with E-state index >= 15 is 0 Å². The summed E-state index contributed by atoms with van der Waals surface area (Å²) in [5, 5.41) is 14.3. The number of benzene rings is 4. The van der Waals surface area contributed by atoms with Crippen LogP contribution in [-0.2, 0) is 17.6 Å². The summed E-state index contributed by atoms with van der Waals surface area (Å²) in [6, 6.07) is 28.9. The van der Waals surface area contributed by atoms with Crippen molar-refractivity contribution < 1.29 is 19.4 Å². The third-order valence-corrected chi connectivity index (χ3v) is 5.43. The van der Waals surface area contributed by atoms with Gasteiger partial charge in [-0.15, -0.1) is 0 Å². The van der Waals surface area contributed by atoms with Gasteiger partial charge in [-0.1, -0.05) is 66.7 Å². The number of carbonyl (C=O) groups excluding carboxylic acids is 1. The van der Waals surface area contributed by atoms with E-state index in [2.05, 4.69) is 35.6 Å². The molecule has 4 aromatic carbocycles. The fourth-order valence-corrected chi connectivity index (χ4v) is 3.68. The van der Waals surface area contributed by atoms with Crippen molar-refractivity contribution in [2.24, 2.45) is 0 Å². The first-order chi connectivity index (χ1) is 16.1. The Morgan fingerprint density at radius 3 is 2.33 bits per heavy atom. The lowest BCUT2D eigenvalue weighted by Gasteiger charge is -2.14. The lowest BCUT2D eigenvalue weighted by Crippen LogP contribution is -2.13. The van der Waals surface area contributed by atoms with Crippen LogP contribution in [0.4, 0.5) is 5.69 Å². The molecule has 2 N–H and O–H groups in total. The van der Waals surface area contributed by atoms with Gasteiger partial charge in [0.1, 0.15) is 5.75 Å². The molecule has 0 aliphatic heterocycles. The van der Waals surface area contributed by atoms with E-state index in [-0.39, 0.29) is 12.3 Å². The zero-order chi connectivity index (χ0) is 23.0. The van der Waals surface area contributed by atoms with E-state index in [0.717, 1.165) is 11.1 Å². The summed E-state index contributed by atoms with van der Waals surface area (Å²) >= 11 is 0. The quantitative estimate of drug-likeness (QED) is 0.349. The number of hydrogen-bond donors (Lipinski definition) is 2. The van der Waals surface area contributed by atoms with Gasteiger partial charge in [0.05, 0.1) is 6.61 Å². The highest BCUT2D eigenvalue weighted by atomic mass is 16.5. The van der Waals surface area contributed by atoms with Crippen LogP contribution in [0.15, 0.2) is 91.0 Å². The number of amides is 1. The van der Waals surface area contributed by atoms with E-state index < -0.39 is 5.97 Å². The Morgan fingerprint density at radius 1 is 0.788 bits per heavy atom. The number of aryl methyl sites for hydroxylation is 1. The largest absolute Gasteiger partial charge is 0.493 e. The first-order valence-electron chi connectivity index (χ1n) is 10.9. The third-order valence-electron chi connectivity index (χ3n) is 5.43. The monoisotopic (exact) mass is 439 g/mol. The normalized spacial score (nSPS) is 10.7. The SMILES string of the molecule is O=C(O)CCc1ccc(C(=O)Nc2ccccc2)cc1OCCc1ccc2ccccc2c1. The summed E-state index contributed by atoms with van der Waals surface area (Å²) in [6.45, 7) is 0.419. The van der Waals surface area contributed by atoms with Crippen molar-refractivity contribution in [1.82, 2.24) is 0 Å². The van der Waals surface area contributed by atoms with E-state index in [4.69, 9.17) is 9.84 Å².